The summed E-state index contributed by atoms with van der Waals surface area (Å²) in [6.07, 6.45) is 1.80. The summed E-state index contributed by atoms with van der Waals surface area (Å²) in [5, 5.41) is 20.3. The van der Waals surface area contributed by atoms with Crippen molar-refractivity contribution in [2.45, 2.75) is 25.7 Å². The zero-order valence-corrected chi connectivity index (χ0v) is 20.7. The van der Waals surface area contributed by atoms with Crippen LogP contribution >= 0.6 is 34.8 Å². The maximum absolute atomic E-state index is 13.2. The molecular formula is C25H22Cl3N3O3. The number of nitriles is 1. The topological polar surface area (TPSA) is 86.3 Å². The molecule has 0 aliphatic carbocycles. The molecule has 0 unspecified atom stereocenters. The molecule has 6 nitrogen and oxygen atoms in total. The molecule has 1 aliphatic heterocycles. The molecule has 0 atom stereocenters. The minimum Gasteiger partial charge on any atom is -0.481 e. The highest BCUT2D eigenvalue weighted by atomic mass is 35.5. The van der Waals surface area contributed by atoms with Gasteiger partial charge in [0.2, 0.25) is 0 Å². The fourth-order valence-electron chi connectivity index (χ4n) is 4.54. The number of hydrogen-bond donors (Lipinski definition) is 1. The summed E-state index contributed by atoms with van der Waals surface area (Å²) in [6, 6.07) is 10.8. The Labute approximate surface area is 212 Å². The van der Waals surface area contributed by atoms with E-state index in [4.69, 9.17) is 39.9 Å². The Bertz CT molecular complexity index is 1330. The fourth-order valence-corrected chi connectivity index (χ4v) is 5.39. The van der Waals surface area contributed by atoms with Gasteiger partial charge in [-0.1, -0.05) is 34.8 Å². The van der Waals surface area contributed by atoms with Crippen molar-refractivity contribution in [1.82, 2.24) is 9.47 Å². The van der Waals surface area contributed by atoms with E-state index in [1.807, 2.05) is 17.7 Å². The summed E-state index contributed by atoms with van der Waals surface area (Å²) in [7, 11) is 1.88. The predicted octanol–water partition coefficient (Wildman–Crippen LogP) is 5.93. The van der Waals surface area contributed by atoms with Gasteiger partial charge in [-0.2, -0.15) is 5.26 Å². The molecule has 2 heterocycles. The first-order chi connectivity index (χ1) is 16.2. The molecule has 2 aromatic carbocycles. The normalized spacial score (nSPS) is 14.4. The van der Waals surface area contributed by atoms with E-state index in [1.54, 1.807) is 29.2 Å². The quantitative estimate of drug-likeness (QED) is 0.454. The van der Waals surface area contributed by atoms with Gasteiger partial charge in [-0.05, 0) is 54.7 Å². The van der Waals surface area contributed by atoms with E-state index >= 15 is 0 Å². The molecule has 0 saturated carbocycles. The van der Waals surface area contributed by atoms with E-state index in [2.05, 4.69) is 6.07 Å². The number of carbonyl (C=O) groups excluding carboxylic acids is 1. The largest absolute Gasteiger partial charge is 0.481 e. The Hall–Kier alpha value is -2.72. The second kappa shape index (κ2) is 9.87. The Morgan fingerprint density at radius 3 is 2.47 bits per heavy atom. The average Bonchev–Trinajstić information content (AvgIpc) is 3.12. The van der Waals surface area contributed by atoms with E-state index in [0.29, 0.717) is 64.1 Å². The number of benzene rings is 2. The maximum atomic E-state index is 13.2. The van der Waals surface area contributed by atoms with Crippen molar-refractivity contribution in [1.29, 1.82) is 5.26 Å². The SMILES string of the molecule is Cn1c(Cc2c(Cl)ccc(C(=O)N3CCC(CC(=O)O)CC3)c2Cl)cc2c(Cl)cc(C#N)cc21. The zero-order valence-electron chi connectivity index (χ0n) is 18.4. The van der Waals surface area contributed by atoms with Crippen LogP contribution in [-0.2, 0) is 18.3 Å². The zero-order chi connectivity index (χ0) is 24.6. The van der Waals surface area contributed by atoms with Crippen molar-refractivity contribution in [3.63, 3.8) is 0 Å². The van der Waals surface area contributed by atoms with Crippen LogP contribution in [0.1, 0.15) is 46.4 Å². The summed E-state index contributed by atoms with van der Waals surface area (Å²) >= 11 is 19.6. The first kappa shape index (κ1) is 24.4. The molecule has 1 fully saturated rings. The van der Waals surface area contributed by atoms with Crippen LogP contribution in [0.4, 0.5) is 0 Å². The fraction of sp³-hybridized carbons (Fsp3) is 0.320. The van der Waals surface area contributed by atoms with Gasteiger partial charge in [0, 0.05) is 49.1 Å². The highest BCUT2D eigenvalue weighted by Crippen LogP contribution is 2.34. The molecule has 1 amide bonds. The van der Waals surface area contributed by atoms with Crippen LogP contribution in [0.2, 0.25) is 15.1 Å². The highest BCUT2D eigenvalue weighted by Gasteiger charge is 2.27. The Kier molecular flexibility index (Phi) is 7.09. The first-order valence-electron chi connectivity index (χ1n) is 10.9. The van der Waals surface area contributed by atoms with E-state index in [9.17, 15) is 14.9 Å². The van der Waals surface area contributed by atoms with Crippen molar-refractivity contribution in [2.24, 2.45) is 13.0 Å². The summed E-state index contributed by atoms with van der Waals surface area (Å²) in [6.45, 7) is 0.988. The molecule has 0 radical (unpaired) electrons. The van der Waals surface area contributed by atoms with Gasteiger partial charge >= 0.3 is 5.97 Å². The van der Waals surface area contributed by atoms with Crippen molar-refractivity contribution in [2.75, 3.05) is 13.1 Å². The Morgan fingerprint density at radius 1 is 1.12 bits per heavy atom. The number of hydrogen-bond acceptors (Lipinski definition) is 3. The number of fused-ring (bicyclic) bond motifs is 1. The summed E-state index contributed by atoms with van der Waals surface area (Å²) in [5.74, 6) is -0.915. The lowest BCUT2D eigenvalue weighted by molar-refractivity contribution is -0.138. The van der Waals surface area contributed by atoms with Gasteiger partial charge in [0.1, 0.15) is 0 Å². The summed E-state index contributed by atoms with van der Waals surface area (Å²) in [4.78, 5) is 25.9. The van der Waals surface area contributed by atoms with Crippen molar-refractivity contribution in [3.8, 4) is 6.07 Å². The molecule has 4 rings (SSSR count). The molecule has 1 aromatic heterocycles. The van der Waals surface area contributed by atoms with Crippen LogP contribution in [0, 0.1) is 17.2 Å². The second-order valence-corrected chi connectivity index (χ2v) is 9.79. The smallest absolute Gasteiger partial charge is 0.303 e. The average molecular weight is 519 g/mol. The van der Waals surface area contributed by atoms with Crippen molar-refractivity contribution in [3.05, 3.63) is 67.8 Å². The number of aryl methyl sites for hydroxylation is 1. The van der Waals surface area contributed by atoms with Crippen LogP contribution in [0.3, 0.4) is 0 Å². The molecule has 0 spiro atoms. The first-order valence-corrected chi connectivity index (χ1v) is 12.0. The minimum absolute atomic E-state index is 0.0812. The van der Waals surface area contributed by atoms with Gasteiger partial charge in [0.25, 0.3) is 5.91 Å². The summed E-state index contributed by atoms with van der Waals surface area (Å²) in [5.41, 5.74) is 3.19. The minimum atomic E-state index is -0.811. The Morgan fingerprint density at radius 2 is 1.82 bits per heavy atom. The standard InChI is InChI=1S/C25H22Cl3N3O3/c1-30-16(11-18-21(27)8-15(13-29)9-22(18)30)12-19-20(26)3-2-17(24(19)28)25(34)31-6-4-14(5-7-31)10-23(32)33/h2-3,8-9,11,14H,4-7,10,12H2,1H3,(H,32,33). The molecule has 1 N–H and O–H groups in total. The molecule has 0 bridgehead atoms. The molecule has 1 saturated heterocycles. The van der Waals surface area contributed by atoms with Crippen molar-refractivity contribution >= 4 is 57.6 Å². The third-order valence-electron chi connectivity index (χ3n) is 6.48. The maximum Gasteiger partial charge on any atom is 0.303 e. The summed E-state index contributed by atoms with van der Waals surface area (Å²) < 4.78 is 1.94. The Balaban J connectivity index is 1.61. The number of nitrogens with zero attached hydrogens (tertiary/aromatic N) is 3. The van der Waals surface area contributed by atoms with Gasteiger partial charge < -0.3 is 14.6 Å². The number of rotatable bonds is 5. The van der Waals surface area contributed by atoms with Gasteiger partial charge in [-0.15, -0.1) is 0 Å². The second-order valence-electron chi connectivity index (χ2n) is 8.60. The van der Waals surface area contributed by atoms with E-state index in [-0.39, 0.29) is 18.2 Å². The van der Waals surface area contributed by atoms with Crippen molar-refractivity contribution < 1.29 is 14.7 Å². The predicted molar refractivity (Wildman–Crippen MR) is 133 cm³/mol. The van der Waals surface area contributed by atoms with Gasteiger partial charge in [0.15, 0.2) is 0 Å². The van der Waals surface area contributed by atoms with Crippen LogP contribution in [0.15, 0.2) is 30.3 Å². The molecule has 176 valence electrons. The molecule has 34 heavy (non-hydrogen) atoms. The molecule has 9 heteroatoms. The number of carboxylic acids is 1. The van der Waals surface area contributed by atoms with Gasteiger partial charge in [0.05, 0.1) is 32.8 Å². The number of likely N-dealkylation sites (tertiary alicyclic amines) is 1. The number of carbonyl (C=O) groups is 2. The number of aliphatic carboxylic acids is 1. The lowest BCUT2D eigenvalue weighted by Gasteiger charge is -2.31. The van der Waals surface area contributed by atoms with E-state index in [0.717, 1.165) is 16.6 Å². The van der Waals surface area contributed by atoms with Gasteiger partial charge in [-0.25, -0.2) is 0 Å². The van der Waals surface area contributed by atoms with Gasteiger partial charge in [-0.3, -0.25) is 9.59 Å². The van der Waals surface area contributed by atoms with Crippen LogP contribution in [0.5, 0.6) is 0 Å². The highest BCUT2D eigenvalue weighted by molar-refractivity contribution is 6.38. The number of carboxylic acid groups (broad SMARTS) is 1. The molecular weight excluding hydrogens is 497 g/mol. The van der Waals surface area contributed by atoms with E-state index < -0.39 is 5.97 Å². The lowest BCUT2D eigenvalue weighted by atomic mass is 9.93. The third-order valence-corrected chi connectivity index (χ3v) is 7.58. The number of piperidine rings is 1. The number of aromatic nitrogens is 1. The van der Waals surface area contributed by atoms with Crippen LogP contribution in [-0.4, -0.2) is 39.5 Å². The molecule has 1 aliphatic rings. The number of amides is 1. The molecule has 3 aromatic rings. The monoisotopic (exact) mass is 517 g/mol. The van der Waals surface area contributed by atoms with Crippen LogP contribution in [0.25, 0.3) is 10.9 Å². The lowest BCUT2D eigenvalue weighted by Crippen LogP contribution is -2.39. The van der Waals surface area contributed by atoms with E-state index in [1.165, 1.54) is 0 Å². The van der Waals surface area contributed by atoms with Crippen LogP contribution < -0.4 is 0 Å². The number of halogens is 3. The third kappa shape index (κ3) is 4.74.